The molecule has 3 atom stereocenters. The van der Waals surface area contributed by atoms with Crippen LogP contribution in [0.4, 0.5) is 0 Å². The molecule has 2 N–H and O–H groups in total. The molecule has 3 unspecified atom stereocenters. The maximum atomic E-state index is 3.59. The molecule has 0 spiro atoms. The number of hydrogen-bond donors (Lipinski definition) is 2. The molecule has 2 rings (SSSR count). The largest absolute Gasteiger partial charge is 0.312 e. The molecule has 2 heterocycles. The molecule has 0 aromatic heterocycles. The average molecular weight is 140 g/mol. The molecular formula is C8H16N2. The highest BCUT2D eigenvalue weighted by Gasteiger charge is 2.32. The van der Waals surface area contributed by atoms with Gasteiger partial charge >= 0.3 is 0 Å². The van der Waals surface area contributed by atoms with Crippen molar-refractivity contribution in [1.82, 2.24) is 10.6 Å². The van der Waals surface area contributed by atoms with Gasteiger partial charge in [0.05, 0.1) is 0 Å². The van der Waals surface area contributed by atoms with E-state index in [0.717, 1.165) is 18.1 Å². The first-order chi connectivity index (χ1) is 4.86. The lowest BCUT2D eigenvalue weighted by atomic mass is 10.00. The van der Waals surface area contributed by atoms with Crippen LogP contribution in [0.3, 0.4) is 0 Å². The van der Waals surface area contributed by atoms with E-state index in [1.807, 2.05) is 0 Å². The molecule has 0 aromatic carbocycles. The lowest BCUT2D eigenvalue weighted by Gasteiger charge is -2.25. The maximum Gasteiger partial charge on any atom is 0.0235 e. The minimum absolute atomic E-state index is 0.737. The topological polar surface area (TPSA) is 24.1 Å². The summed E-state index contributed by atoms with van der Waals surface area (Å²) in [7, 11) is 0. The van der Waals surface area contributed by atoms with Crippen molar-refractivity contribution in [2.75, 3.05) is 6.54 Å². The first-order valence-corrected chi connectivity index (χ1v) is 4.36. The molecule has 10 heavy (non-hydrogen) atoms. The second-order valence-corrected chi connectivity index (χ2v) is 3.61. The van der Waals surface area contributed by atoms with Gasteiger partial charge in [-0.25, -0.2) is 0 Å². The Hall–Kier alpha value is -0.0800. The molecule has 0 aromatic rings. The zero-order valence-corrected chi connectivity index (χ0v) is 6.56. The number of rotatable bonds is 0. The van der Waals surface area contributed by atoms with Crippen LogP contribution in [-0.4, -0.2) is 24.7 Å². The smallest absolute Gasteiger partial charge is 0.0235 e. The molecule has 2 nitrogen and oxygen atoms in total. The Balaban J connectivity index is 1.97. The van der Waals surface area contributed by atoms with E-state index < -0.39 is 0 Å². The SMILES string of the molecule is CC1CC2NCCCC2N1. The third kappa shape index (κ3) is 1.06. The van der Waals surface area contributed by atoms with Gasteiger partial charge in [-0.15, -0.1) is 0 Å². The van der Waals surface area contributed by atoms with Crippen LogP contribution in [-0.2, 0) is 0 Å². The predicted octanol–water partition coefficient (Wildman–Crippen LogP) is 0.489. The minimum atomic E-state index is 0.737. The van der Waals surface area contributed by atoms with Crippen molar-refractivity contribution in [3.05, 3.63) is 0 Å². The molecule has 2 fully saturated rings. The third-order valence-electron chi connectivity index (χ3n) is 2.69. The Labute approximate surface area is 62.4 Å². The summed E-state index contributed by atoms with van der Waals surface area (Å²) in [4.78, 5) is 0. The van der Waals surface area contributed by atoms with Gasteiger partial charge in [0, 0.05) is 18.1 Å². The first-order valence-electron chi connectivity index (χ1n) is 4.36. The van der Waals surface area contributed by atoms with E-state index in [1.165, 1.54) is 25.8 Å². The van der Waals surface area contributed by atoms with Crippen LogP contribution in [0.2, 0.25) is 0 Å². The molecule has 2 saturated heterocycles. The van der Waals surface area contributed by atoms with Gasteiger partial charge in [-0.3, -0.25) is 0 Å². The molecule has 0 amide bonds. The average Bonchev–Trinajstić information content (AvgIpc) is 2.27. The first kappa shape index (κ1) is 6.62. The van der Waals surface area contributed by atoms with Crippen molar-refractivity contribution in [1.29, 1.82) is 0 Å². The Morgan fingerprint density at radius 2 is 2.20 bits per heavy atom. The van der Waals surface area contributed by atoms with Crippen LogP contribution in [0.1, 0.15) is 26.2 Å². The fraction of sp³-hybridized carbons (Fsp3) is 1.00. The van der Waals surface area contributed by atoms with Gasteiger partial charge in [0.15, 0.2) is 0 Å². The number of hydrogen-bond acceptors (Lipinski definition) is 2. The lowest BCUT2D eigenvalue weighted by molar-refractivity contribution is 0.364. The molecule has 0 aliphatic carbocycles. The van der Waals surface area contributed by atoms with Crippen molar-refractivity contribution in [3.8, 4) is 0 Å². The zero-order chi connectivity index (χ0) is 6.97. The van der Waals surface area contributed by atoms with Gasteiger partial charge in [0.25, 0.3) is 0 Å². The summed E-state index contributed by atoms with van der Waals surface area (Å²) in [5.74, 6) is 0. The van der Waals surface area contributed by atoms with Gasteiger partial charge in [0.1, 0.15) is 0 Å². The summed E-state index contributed by atoms with van der Waals surface area (Å²) in [6.45, 7) is 3.51. The molecule has 58 valence electrons. The van der Waals surface area contributed by atoms with Crippen molar-refractivity contribution < 1.29 is 0 Å². The Kier molecular flexibility index (Phi) is 1.66. The lowest BCUT2D eigenvalue weighted by Crippen LogP contribution is -2.45. The Morgan fingerprint density at radius 3 is 3.00 bits per heavy atom. The molecule has 0 radical (unpaired) electrons. The second-order valence-electron chi connectivity index (χ2n) is 3.61. The molecule has 2 heteroatoms. The van der Waals surface area contributed by atoms with Crippen LogP contribution < -0.4 is 10.6 Å². The molecule has 0 saturated carbocycles. The summed E-state index contributed by atoms with van der Waals surface area (Å²) in [6, 6.07) is 2.30. The number of piperidine rings is 1. The van der Waals surface area contributed by atoms with E-state index in [2.05, 4.69) is 17.6 Å². The van der Waals surface area contributed by atoms with E-state index in [-0.39, 0.29) is 0 Å². The summed E-state index contributed by atoms with van der Waals surface area (Å²) in [6.07, 6.45) is 4.05. The highest BCUT2D eigenvalue weighted by molar-refractivity contribution is 4.95. The standard InChI is InChI=1S/C8H16N2/c1-6-5-8-7(10-6)3-2-4-9-8/h6-10H,2-5H2,1H3. The van der Waals surface area contributed by atoms with Gasteiger partial charge in [-0.05, 0) is 32.7 Å². The van der Waals surface area contributed by atoms with Crippen molar-refractivity contribution in [2.24, 2.45) is 0 Å². The Morgan fingerprint density at radius 1 is 1.30 bits per heavy atom. The number of nitrogens with one attached hydrogen (secondary N) is 2. The summed E-state index contributed by atoms with van der Waals surface area (Å²) in [5, 5.41) is 7.14. The van der Waals surface area contributed by atoms with E-state index in [0.29, 0.717) is 0 Å². The highest BCUT2D eigenvalue weighted by Crippen LogP contribution is 2.19. The van der Waals surface area contributed by atoms with Crippen LogP contribution in [0.15, 0.2) is 0 Å². The van der Waals surface area contributed by atoms with Crippen LogP contribution in [0.25, 0.3) is 0 Å². The van der Waals surface area contributed by atoms with E-state index in [9.17, 15) is 0 Å². The molecular weight excluding hydrogens is 124 g/mol. The quantitative estimate of drug-likeness (QED) is 0.511. The van der Waals surface area contributed by atoms with Crippen molar-refractivity contribution >= 4 is 0 Å². The third-order valence-corrected chi connectivity index (χ3v) is 2.69. The van der Waals surface area contributed by atoms with E-state index >= 15 is 0 Å². The van der Waals surface area contributed by atoms with Gasteiger partial charge in [-0.2, -0.15) is 0 Å². The molecule has 0 bridgehead atoms. The predicted molar refractivity (Wildman–Crippen MR) is 42.0 cm³/mol. The fourth-order valence-corrected chi connectivity index (χ4v) is 2.21. The minimum Gasteiger partial charge on any atom is -0.312 e. The van der Waals surface area contributed by atoms with Gasteiger partial charge in [-0.1, -0.05) is 0 Å². The highest BCUT2D eigenvalue weighted by atomic mass is 15.1. The van der Waals surface area contributed by atoms with Crippen LogP contribution >= 0.6 is 0 Å². The zero-order valence-electron chi connectivity index (χ0n) is 6.56. The second kappa shape index (κ2) is 2.51. The van der Waals surface area contributed by atoms with Crippen molar-refractivity contribution in [2.45, 2.75) is 44.3 Å². The Bertz CT molecular complexity index is 110. The van der Waals surface area contributed by atoms with Crippen LogP contribution in [0, 0.1) is 0 Å². The van der Waals surface area contributed by atoms with E-state index in [1.54, 1.807) is 0 Å². The van der Waals surface area contributed by atoms with Gasteiger partial charge in [0.2, 0.25) is 0 Å². The molecule has 2 aliphatic heterocycles. The van der Waals surface area contributed by atoms with Crippen molar-refractivity contribution in [3.63, 3.8) is 0 Å². The van der Waals surface area contributed by atoms with E-state index in [4.69, 9.17) is 0 Å². The number of fused-ring (bicyclic) bond motifs is 1. The summed E-state index contributed by atoms with van der Waals surface area (Å²) < 4.78 is 0. The van der Waals surface area contributed by atoms with Crippen LogP contribution in [0.5, 0.6) is 0 Å². The van der Waals surface area contributed by atoms with Gasteiger partial charge < -0.3 is 10.6 Å². The maximum absolute atomic E-state index is 3.59. The molecule has 2 aliphatic rings. The fourth-order valence-electron chi connectivity index (χ4n) is 2.21. The normalized spacial score (nSPS) is 47.1. The summed E-state index contributed by atoms with van der Waals surface area (Å²) in [5.41, 5.74) is 0. The summed E-state index contributed by atoms with van der Waals surface area (Å²) >= 11 is 0. The monoisotopic (exact) mass is 140 g/mol.